The molecule has 2 N–H and O–H groups in total. The molecule has 0 atom stereocenters. The maximum Gasteiger partial charge on any atom is 0.416 e. The van der Waals surface area contributed by atoms with Gasteiger partial charge in [-0.1, -0.05) is 12.1 Å². The molecular formula is C17H16F3N7O. The number of nitrogens with one attached hydrogen (secondary N) is 2. The second-order valence-corrected chi connectivity index (χ2v) is 6.05. The summed E-state index contributed by atoms with van der Waals surface area (Å²) < 4.78 is 38.4. The number of rotatable bonds is 5. The van der Waals surface area contributed by atoms with Crippen molar-refractivity contribution in [1.82, 2.24) is 30.6 Å². The maximum atomic E-state index is 12.8. The third-order valence-corrected chi connectivity index (χ3v) is 3.77. The molecule has 0 saturated heterocycles. The van der Waals surface area contributed by atoms with Crippen molar-refractivity contribution in [2.24, 2.45) is 5.10 Å². The number of H-pyrrole nitrogens is 1. The van der Waals surface area contributed by atoms with Crippen LogP contribution in [0.2, 0.25) is 0 Å². The van der Waals surface area contributed by atoms with Crippen LogP contribution in [0.4, 0.5) is 13.2 Å². The number of hydrogen-bond donors (Lipinski definition) is 2. The zero-order valence-corrected chi connectivity index (χ0v) is 14.9. The standard InChI is InChI=1S/C17H16F3N7O/c1-10-6-13(11(2)22-10)8-21-23-15(28)9-27-25-16(24-26-27)12-4-3-5-14(7-12)17(18,19)20/h3-8,22H,9H2,1-2H3,(H,23,28)/b21-8+. The molecular weight excluding hydrogens is 375 g/mol. The van der Waals surface area contributed by atoms with E-state index in [1.807, 2.05) is 19.9 Å². The van der Waals surface area contributed by atoms with Gasteiger partial charge in [-0.3, -0.25) is 4.79 Å². The van der Waals surface area contributed by atoms with Crippen molar-refractivity contribution in [2.75, 3.05) is 0 Å². The second-order valence-electron chi connectivity index (χ2n) is 6.05. The van der Waals surface area contributed by atoms with Gasteiger partial charge in [-0.15, -0.1) is 10.2 Å². The Bertz CT molecular complexity index is 1020. The van der Waals surface area contributed by atoms with Gasteiger partial charge in [-0.25, -0.2) is 5.43 Å². The lowest BCUT2D eigenvalue weighted by atomic mass is 10.1. The van der Waals surface area contributed by atoms with E-state index in [2.05, 4.69) is 30.9 Å². The topological polar surface area (TPSA) is 101 Å². The number of tetrazole rings is 1. The number of aromatic amines is 1. The van der Waals surface area contributed by atoms with E-state index in [-0.39, 0.29) is 17.9 Å². The molecule has 0 fully saturated rings. The van der Waals surface area contributed by atoms with E-state index in [4.69, 9.17) is 0 Å². The summed E-state index contributed by atoms with van der Waals surface area (Å²) in [6.45, 7) is 3.50. The zero-order chi connectivity index (χ0) is 20.3. The summed E-state index contributed by atoms with van der Waals surface area (Å²) in [5.74, 6) is -0.519. The molecule has 8 nitrogen and oxygen atoms in total. The Morgan fingerprint density at radius 1 is 1.32 bits per heavy atom. The Hall–Kier alpha value is -3.50. The third-order valence-electron chi connectivity index (χ3n) is 3.77. The molecule has 1 aromatic carbocycles. The van der Waals surface area contributed by atoms with Gasteiger partial charge in [0, 0.05) is 22.5 Å². The molecule has 0 aliphatic rings. The van der Waals surface area contributed by atoms with E-state index >= 15 is 0 Å². The van der Waals surface area contributed by atoms with Gasteiger partial charge in [0.15, 0.2) is 0 Å². The number of hydrazone groups is 1. The van der Waals surface area contributed by atoms with E-state index in [0.717, 1.165) is 33.9 Å². The predicted octanol–water partition coefficient (Wildman–Crippen LogP) is 2.45. The molecule has 0 aliphatic carbocycles. The molecule has 2 aromatic heterocycles. The first-order chi connectivity index (χ1) is 13.2. The highest BCUT2D eigenvalue weighted by Crippen LogP contribution is 2.31. The van der Waals surface area contributed by atoms with Gasteiger partial charge in [0.25, 0.3) is 5.91 Å². The monoisotopic (exact) mass is 391 g/mol. The number of benzene rings is 1. The Morgan fingerprint density at radius 3 is 2.79 bits per heavy atom. The largest absolute Gasteiger partial charge is 0.416 e. The van der Waals surface area contributed by atoms with Crippen molar-refractivity contribution < 1.29 is 18.0 Å². The van der Waals surface area contributed by atoms with Gasteiger partial charge in [0.1, 0.15) is 6.54 Å². The number of aryl methyl sites for hydroxylation is 2. The van der Waals surface area contributed by atoms with Crippen molar-refractivity contribution in [3.8, 4) is 11.4 Å². The van der Waals surface area contributed by atoms with Crippen LogP contribution in [0.15, 0.2) is 35.4 Å². The molecule has 0 radical (unpaired) electrons. The predicted molar refractivity (Wildman–Crippen MR) is 94.3 cm³/mol. The lowest BCUT2D eigenvalue weighted by Gasteiger charge is -2.06. The summed E-state index contributed by atoms with van der Waals surface area (Å²) >= 11 is 0. The minimum atomic E-state index is -4.47. The van der Waals surface area contributed by atoms with Crippen molar-refractivity contribution in [3.63, 3.8) is 0 Å². The van der Waals surface area contributed by atoms with Crippen LogP contribution < -0.4 is 5.43 Å². The fraction of sp³-hybridized carbons (Fsp3) is 0.235. The molecule has 0 aliphatic heterocycles. The van der Waals surface area contributed by atoms with Crippen molar-refractivity contribution in [3.05, 3.63) is 52.8 Å². The summed E-state index contributed by atoms with van der Waals surface area (Å²) in [4.78, 5) is 16.0. The van der Waals surface area contributed by atoms with Crippen LogP contribution >= 0.6 is 0 Å². The molecule has 146 valence electrons. The lowest BCUT2D eigenvalue weighted by molar-refractivity contribution is -0.137. The highest BCUT2D eigenvalue weighted by Gasteiger charge is 2.30. The minimum Gasteiger partial charge on any atom is -0.362 e. The molecule has 28 heavy (non-hydrogen) atoms. The zero-order valence-electron chi connectivity index (χ0n) is 14.9. The van der Waals surface area contributed by atoms with Crippen molar-refractivity contribution in [1.29, 1.82) is 0 Å². The van der Waals surface area contributed by atoms with Crippen LogP contribution in [0.25, 0.3) is 11.4 Å². The molecule has 1 amide bonds. The first-order valence-electron chi connectivity index (χ1n) is 8.16. The number of nitrogens with zero attached hydrogens (tertiary/aromatic N) is 5. The smallest absolute Gasteiger partial charge is 0.362 e. The Balaban J connectivity index is 1.63. The second kappa shape index (κ2) is 7.62. The summed E-state index contributed by atoms with van der Waals surface area (Å²) in [5.41, 5.74) is 4.39. The number of aromatic nitrogens is 5. The Kier molecular flexibility index (Phi) is 5.25. The van der Waals surface area contributed by atoms with E-state index in [0.29, 0.717) is 0 Å². The summed E-state index contributed by atoms with van der Waals surface area (Å²) in [6, 6.07) is 6.44. The minimum absolute atomic E-state index is 0.0131. The molecule has 0 unspecified atom stereocenters. The molecule has 3 aromatic rings. The normalized spacial score (nSPS) is 11.9. The quantitative estimate of drug-likeness (QED) is 0.515. The van der Waals surface area contributed by atoms with Gasteiger partial charge in [-0.05, 0) is 37.3 Å². The SMILES string of the molecule is Cc1cc(/C=N/NC(=O)Cn2nnc(-c3cccc(C(F)(F)F)c3)n2)c(C)[nH]1. The highest BCUT2D eigenvalue weighted by atomic mass is 19.4. The first kappa shape index (κ1) is 19.3. The van der Waals surface area contributed by atoms with Crippen molar-refractivity contribution >= 4 is 12.1 Å². The van der Waals surface area contributed by atoms with Crippen LogP contribution in [0.5, 0.6) is 0 Å². The third kappa shape index (κ3) is 4.61. The number of carbonyl (C=O) groups is 1. The summed E-state index contributed by atoms with van der Waals surface area (Å²) in [6.07, 6.45) is -2.97. The molecule has 2 heterocycles. The molecule has 0 saturated carbocycles. The summed E-state index contributed by atoms with van der Waals surface area (Å²) in [7, 11) is 0. The summed E-state index contributed by atoms with van der Waals surface area (Å²) in [5, 5.41) is 15.2. The van der Waals surface area contributed by atoms with Crippen molar-refractivity contribution in [2.45, 2.75) is 26.6 Å². The molecule has 0 spiro atoms. The maximum absolute atomic E-state index is 12.8. The van der Waals surface area contributed by atoms with Crippen LogP contribution in [-0.4, -0.2) is 37.3 Å². The van der Waals surface area contributed by atoms with Crippen LogP contribution in [-0.2, 0) is 17.5 Å². The van der Waals surface area contributed by atoms with E-state index in [9.17, 15) is 18.0 Å². The van der Waals surface area contributed by atoms with E-state index < -0.39 is 17.6 Å². The number of hydrogen-bond acceptors (Lipinski definition) is 5. The number of carbonyl (C=O) groups excluding carboxylic acids is 1. The Morgan fingerprint density at radius 2 is 2.11 bits per heavy atom. The van der Waals surface area contributed by atoms with Gasteiger partial charge >= 0.3 is 6.18 Å². The number of amides is 1. The van der Waals surface area contributed by atoms with Gasteiger partial charge < -0.3 is 4.98 Å². The highest BCUT2D eigenvalue weighted by molar-refractivity contribution is 5.83. The van der Waals surface area contributed by atoms with Crippen LogP contribution in [0, 0.1) is 13.8 Å². The Labute approximate surface area is 157 Å². The van der Waals surface area contributed by atoms with Gasteiger partial charge in [-0.2, -0.15) is 23.1 Å². The fourth-order valence-electron chi connectivity index (χ4n) is 2.48. The van der Waals surface area contributed by atoms with E-state index in [1.165, 1.54) is 18.3 Å². The molecule has 3 rings (SSSR count). The van der Waals surface area contributed by atoms with E-state index in [1.54, 1.807) is 0 Å². The van der Waals surface area contributed by atoms with Gasteiger partial charge in [0.2, 0.25) is 5.82 Å². The average Bonchev–Trinajstić information content (AvgIpc) is 3.20. The number of alkyl halides is 3. The molecule has 11 heteroatoms. The first-order valence-corrected chi connectivity index (χ1v) is 8.16. The number of halogens is 3. The average molecular weight is 391 g/mol. The molecule has 0 bridgehead atoms. The fourth-order valence-corrected chi connectivity index (χ4v) is 2.48. The lowest BCUT2D eigenvalue weighted by Crippen LogP contribution is -2.24. The van der Waals surface area contributed by atoms with Crippen LogP contribution in [0.3, 0.4) is 0 Å². The van der Waals surface area contributed by atoms with Gasteiger partial charge in [0.05, 0.1) is 11.8 Å². The van der Waals surface area contributed by atoms with Crippen LogP contribution in [0.1, 0.15) is 22.5 Å².